The van der Waals surface area contributed by atoms with Crippen LogP contribution < -0.4 is 5.32 Å². The quantitative estimate of drug-likeness (QED) is 0.526. The van der Waals surface area contributed by atoms with Gasteiger partial charge < -0.3 is 5.32 Å². The smallest absolute Gasteiger partial charge is 0.222 e. The highest BCUT2D eigenvalue weighted by atomic mass is 16.2. The average Bonchev–Trinajstić information content (AvgIpc) is 3.05. The van der Waals surface area contributed by atoms with Crippen molar-refractivity contribution in [2.45, 2.75) is 102 Å². The number of nitrogens with one attached hydrogen (secondary N) is 1. The molecule has 0 aromatic heterocycles. The van der Waals surface area contributed by atoms with Gasteiger partial charge in [0.25, 0.3) is 0 Å². The van der Waals surface area contributed by atoms with Gasteiger partial charge in [-0.05, 0) is 37.2 Å². The zero-order chi connectivity index (χ0) is 23.3. The number of carbonyl (C=O) groups is 2. The molecular formula is C25H48N2O2. The molecule has 0 bridgehead atoms. The van der Waals surface area contributed by atoms with Crippen LogP contribution in [0.1, 0.15) is 95.9 Å². The normalized spacial score (nSPS) is 13.3. The molecule has 170 valence electrons. The van der Waals surface area contributed by atoms with Crippen LogP contribution in [0.3, 0.4) is 0 Å². The first-order valence-corrected chi connectivity index (χ1v) is 11.3. The van der Waals surface area contributed by atoms with Gasteiger partial charge in [0.2, 0.25) is 5.91 Å². The van der Waals surface area contributed by atoms with Crippen LogP contribution in [0.4, 0.5) is 0 Å². The molecule has 29 heavy (non-hydrogen) atoms. The summed E-state index contributed by atoms with van der Waals surface area (Å²) in [6, 6.07) is 0.264. The Morgan fingerprint density at radius 2 is 1.38 bits per heavy atom. The summed E-state index contributed by atoms with van der Waals surface area (Å²) < 4.78 is 0. The topological polar surface area (TPSA) is 58.5 Å². The zero-order valence-electron chi connectivity index (χ0n) is 21.2. The molecule has 0 spiro atoms. The Kier molecular flexibility index (Phi) is 15.8. The molecule has 1 rings (SSSR count). The van der Waals surface area contributed by atoms with E-state index in [1.165, 1.54) is 11.3 Å². The SMILES string of the molecule is CC(C)C1=CN=C(C(C)C)C1.CC(C)CC(=O)C(C)C.CC(C)NC(=O)C(C)C. The van der Waals surface area contributed by atoms with Crippen LogP contribution in [0.5, 0.6) is 0 Å². The molecule has 1 heterocycles. The number of hydrogen-bond donors (Lipinski definition) is 1. The molecule has 0 aromatic rings. The Bertz CT molecular complexity index is 491. The maximum absolute atomic E-state index is 11.0. The molecular weight excluding hydrogens is 360 g/mol. The fraction of sp³-hybridized carbons (Fsp3) is 0.800. The summed E-state index contributed by atoms with van der Waals surface area (Å²) >= 11 is 0. The van der Waals surface area contributed by atoms with E-state index in [1.807, 2.05) is 47.7 Å². The van der Waals surface area contributed by atoms with E-state index in [9.17, 15) is 9.59 Å². The number of ketones is 1. The third-order valence-corrected chi connectivity index (χ3v) is 4.40. The molecule has 1 amide bonds. The lowest BCUT2D eigenvalue weighted by Crippen LogP contribution is -2.33. The summed E-state index contributed by atoms with van der Waals surface area (Å²) in [7, 11) is 0. The van der Waals surface area contributed by atoms with Crippen LogP contribution in [-0.2, 0) is 9.59 Å². The van der Waals surface area contributed by atoms with E-state index in [0.717, 1.165) is 12.8 Å². The third-order valence-electron chi connectivity index (χ3n) is 4.40. The van der Waals surface area contributed by atoms with E-state index in [2.05, 4.69) is 51.9 Å². The lowest BCUT2D eigenvalue weighted by atomic mass is 9.96. The van der Waals surface area contributed by atoms with E-state index in [4.69, 9.17) is 0 Å². The van der Waals surface area contributed by atoms with Crippen molar-refractivity contribution in [3.8, 4) is 0 Å². The summed E-state index contributed by atoms with van der Waals surface area (Å²) in [5.74, 6) is 2.62. The Hall–Kier alpha value is -1.45. The minimum atomic E-state index is 0.104. The highest BCUT2D eigenvalue weighted by molar-refractivity contribution is 5.90. The van der Waals surface area contributed by atoms with Gasteiger partial charge in [0.05, 0.1) is 0 Å². The molecule has 0 fully saturated rings. The van der Waals surface area contributed by atoms with Gasteiger partial charge >= 0.3 is 0 Å². The number of amides is 1. The molecule has 0 unspecified atom stereocenters. The van der Waals surface area contributed by atoms with E-state index < -0.39 is 0 Å². The summed E-state index contributed by atoms with van der Waals surface area (Å²) in [6.45, 7) is 24.6. The maximum Gasteiger partial charge on any atom is 0.222 e. The largest absolute Gasteiger partial charge is 0.354 e. The molecule has 0 saturated heterocycles. The molecule has 0 radical (unpaired) electrons. The molecule has 0 aliphatic carbocycles. The van der Waals surface area contributed by atoms with Gasteiger partial charge in [-0.1, -0.05) is 69.2 Å². The lowest BCUT2D eigenvalue weighted by molar-refractivity contribution is -0.124. The van der Waals surface area contributed by atoms with Crippen LogP contribution in [0.2, 0.25) is 0 Å². The maximum atomic E-state index is 11.0. The minimum absolute atomic E-state index is 0.104. The van der Waals surface area contributed by atoms with Crippen LogP contribution in [0, 0.1) is 29.6 Å². The van der Waals surface area contributed by atoms with Gasteiger partial charge in [0.1, 0.15) is 5.78 Å². The predicted molar refractivity (Wildman–Crippen MR) is 127 cm³/mol. The molecule has 1 aliphatic rings. The number of Topliss-reactive ketones (excluding diaryl/α,β-unsaturated/α-hetero) is 1. The van der Waals surface area contributed by atoms with Crippen molar-refractivity contribution >= 4 is 17.4 Å². The van der Waals surface area contributed by atoms with E-state index in [1.54, 1.807) is 0 Å². The Morgan fingerprint density at radius 1 is 0.862 bits per heavy atom. The van der Waals surface area contributed by atoms with E-state index in [0.29, 0.717) is 23.5 Å². The van der Waals surface area contributed by atoms with Crippen molar-refractivity contribution in [1.82, 2.24) is 5.32 Å². The average molecular weight is 409 g/mol. The van der Waals surface area contributed by atoms with Gasteiger partial charge in [-0.15, -0.1) is 0 Å². The zero-order valence-corrected chi connectivity index (χ0v) is 21.2. The summed E-state index contributed by atoms with van der Waals surface area (Å²) in [5, 5.41) is 2.80. The first kappa shape index (κ1) is 29.7. The number of rotatable bonds is 7. The number of nitrogens with zero attached hydrogens (tertiary/aromatic N) is 1. The van der Waals surface area contributed by atoms with Crippen LogP contribution in [-0.4, -0.2) is 23.4 Å². The highest BCUT2D eigenvalue weighted by Gasteiger charge is 2.14. The van der Waals surface area contributed by atoms with Crippen molar-refractivity contribution in [1.29, 1.82) is 0 Å². The predicted octanol–water partition coefficient (Wildman–Crippen LogP) is 6.45. The van der Waals surface area contributed by atoms with Crippen LogP contribution in [0.15, 0.2) is 16.8 Å². The van der Waals surface area contributed by atoms with Crippen molar-refractivity contribution in [3.63, 3.8) is 0 Å². The van der Waals surface area contributed by atoms with Gasteiger partial charge in [0, 0.05) is 42.6 Å². The molecule has 1 N–H and O–H groups in total. The lowest BCUT2D eigenvalue weighted by Gasteiger charge is -2.09. The van der Waals surface area contributed by atoms with Gasteiger partial charge in [-0.2, -0.15) is 0 Å². The minimum Gasteiger partial charge on any atom is -0.354 e. The van der Waals surface area contributed by atoms with Crippen LogP contribution in [0.25, 0.3) is 0 Å². The standard InChI is InChI=1S/C10H17N.C8H16O.C7H15NO/c1-7(2)9-5-10(8(3)4)11-6-9;1-6(2)5-8(9)7(3)4;1-5(2)7(9)8-6(3)4/h6-8H,5H2,1-4H3;6-7H,5H2,1-4H3;5-6H,1-4H3,(H,8,9). The second kappa shape index (κ2) is 15.4. The Labute approximate surface area is 181 Å². The number of allylic oxidation sites excluding steroid dienone is 1. The van der Waals surface area contributed by atoms with Crippen molar-refractivity contribution < 1.29 is 9.59 Å². The first-order chi connectivity index (χ1) is 13.2. The summed E-state index contributed by atoms with van der Waals surface area (Å²) in [4.78, 5) is 26.2. The highest BCUT2D eigenvalue weighted by Crippen LogP contribution is 2.22. The second-order valence-corrected chi connectivity index (χ2v) is 9.85. The fourth-order valence-electron chi connectivity index (χ4n) is 2.26. The Balaban J connectivity index is 0. The van der Waals surface area contributed by atoms with Gasteiger partial charge in [-0.3, -0.25) is 14.6 Å². The second-order valence-electron chi connectivity index (χ2n) is 9.85. The molecule has 4 heteroatoms. The van der Waals surface area contributed by atoms with Crippen molar-refractivity contribution in [3.05, 3.63) is 11.8 Å². The van der Waals surface area contributed by atoms with Crippen molar-refractivity contribution in [2.75, 3.05) is 0 Å². The number of aliphatic imine (C=N–C) groups is 1. The fourth-order valence-corrected chi connectivity index (χ4v) is 2.26. The summed E-state index contributed by atoms with van der Waals surface area (Å²) in [6.07, 6.45) is 3.88. The molecule has 1 aliphatic heterocycles. The monoisotopic (exact) mass is 408 g/mol. The summed E-state index contributed by atoms with van der Waals surface area (Å²) in [5.41, 5.74) is 2.82. The first-order valence-electron chi connectivity index (χ1n) is 11.3. The molecule has 0 saturated carbocycles. The van der Waals surface area contributed by atoms with Gasteiger partial charge in [0.15, 0.2) is 0 Å². The third kappa shape index (κ3) is 16.1. The number of hydrogen-bond acceptors (Lipinski definition) is 3. The van der Waals surface area contributed by atoms with Crippen molar-refractivity contribution in [2.24, 2.45) is 34.6 Å². The molecule has 0 atom stereocenters. The van der Waals surface area contributed by atoms with Gasteiger partial charge in [-0.25, -0.2) is 0 Å². The molecule has 4 nitrogen and oxygen atoms in total. The van der Waals surface area contributed by atoms with E-state index >= 15 is 0 Å². The van der Waals surface area contributed by atoms with E-state index in [-0.39, 0.29) is 23.8 Å². The molecule has 0 aromatic carbocycles. The van der Waals surface area contributed by atoms with Crippen LogP contribution >= 0.6 is 0 Å². The number of carbonyl (C=O) groups excluding carboxylic acids is 2. The Morgan fingerprint density at radius 3 is 1.55 bits per heavy atom.